The van der Waals surface area contributed by atoms with Crippen LogP contribution in [0, 0.1) is 0 Å². The van der Waals surface area contributed by atoms with Crippen LogP contribution in [0.2, 0.25) is 0 Å². The summed E-state index contributed by atoms with van der Waals surface area (Å²) in [4.78, 5) is 13.2. The summed E-state index contributed by atoms with van der Waals surface area (Å²) < 4.78 is 0. The van der Waals surface area contributed by atoms with Gasteiger partial charge < -0.3 is 4.90 Å². The Morgan fingerprint density at radius 1 is 1.18 bits per heavy atom. The predicted octanol–water partition coefficient (Wildman–Crippen LogP) is 0.922. The molecule has 0 unspecified atom stereocenters. The molecule has 1 aliphatic heterocycles. The van der Waals surface area contributed by atoms with Crippen LogP contribution in [0.5, 0.6) is 0 Å². The Kier molecular flexibility index (Phi) is 5.08. The number of quaternary nitrogens is 1. The smallest absolute Gasteiger partial charge is 0.295 e. The van der Waals surface area contributed by atoms with Gasteiger partial charge in [0.05, 0.1) is 19.3 Å². The van der Waals surface area contributed by atoms with Gasteiger partial charge in [-0.15, -0.1) is 0 Å². The molecule has 0 spiro atoms. The van der Waals surface area contributed by atoms with Crippen molar-refractivity contribution in [2.75, 3.05) is 31.1 Å². The number of rotatable bonds is 4. The van der Waals surface area contributed by atoms with Gasteiger partial charge in [0.1, 0.15) is 0 Å². The zero-order valence-corrected chi connectivity index (χ0v) is 13.2. The van der Waals surface area contributed by atoms with Crippen molar-refractivity contribution < 1.29 is 9.69 Å². The van der Waals surface area contributed by atoms with Crippen LogP contribution in [-0.2, 0) is 4.79 Å². The molecule has 3 rings (SSSR count). The zero-order chi connectivity index (χ0) is 15.2. The van der Waals surface area contributed by atoms with E-state index in [0.29, 0.717) is 6.54 Å². The highest BCUT2D eigenvalue weighted by Gasteiger charge is 2.16. The van der Waals surface area contributed by atoms with Crippen molar-refractivity contribution >= 4 is 34.7 Å². The number of nitrogens with one attached hydrogen (secondary N) is 2. The third-order valence-electron chi connectivity index (χ3n) is 3.79. The van der Waals surface area contributed by atoms with Crippen molar-refractivity contribution in [2.45, 2.75) is 0 Å². The van der Waals surface area contributed by atoms with E-state index in [1.165, 1.54) is 15.7 Å². The molecular weight excluding hydrogens is 294 g/mol. The fraction of sp³-hybridized carbons (Fsp3) is 0.294. The maximum Gasteiger partial charge on any atom is 0.295 e. The van der Waals surface area contributed by atoms with Gasteiger partial charge in [0, 0.05) is 11.5 Å². The molecule has 0 atom stereocenters. The van der Waals surface area contributed by atoms with Crippen LogP contribution in [0.15, 0.2) is 47.6 Å². The van der Waals surface area contributed by atoms with Gasteiger partial charge in [0.2, 0.25) is 0 Å². The van der Waals surface area contributed by atoms with Crippen molar-refractivity contribution in [3.05, 3.63) is 48.0 Å². The van der Waals surface area contributed by atoms with Crippen LogP contribution in [0.1, 0.15) is 5.56 Å². The van der Waals surface area contributed by atoms with Crippen LogP contribution in [-0.4, -0.2) is 43.3 Å². The average Bonchev–Trinajstić information content (AvgIpc) is 2.55. The lowest BCUT2D eigenvalue weighted by Crippen LogP contribution is -3.14. The minimum absolute atomic E-state index is 0.0149. The van der Waals surface area contributed by atoms with Crippen molar-refractivity contribution in [2.24, 2.45) is 5.10 Å². The number of nitrogens with zero attached hydrogens (tertiary/aromatic N) is 1. The Morgan fingerprint density at radius 2 is 1.95 bits per heavy atom. The number of hydrogen-bond donors (Lipinski definition) is 2. The number of hydrazone groups is 1. The van der Waals surface area contributed by atoms with Gasteiger partial charge in [-0.2, -0.15) is 16.9 Å². The van der Waals surface area contributed by atoms with E-state index in [0.717, 1.165) is 30.2 Å². The topological polar surface area (TPSA) is 45.9 Å². The molecule has 2 N–H and O–H groups in total. The second-order valence-electron chi connectivity index (χ2n) is 5.44. The molecule has 0 aliphatic carbocycles. The molecule has 1 aliphatic rings. The maximum absolute atomic E-state index is 11.9. The number of hydrogen-bond acceptors (Lipinski definition) is 3. The number of carbonyl (C=O) groups is 1. The monoisotopic (exact) mass is 314 g/mol. The van der Waals surface area contributed by atoms with E-state index < -0.39 is 0 Å². The fourth-order valence-electron chi connectivity index (χ4n) is 2.57. The van der Waals surface area contributed by atoms with Crippen LogP contribution in [0.25, 0.3) is 10.8 Å². The van der Waals surface area contributed by atoms with Crippen LogP contribution in [0.4, 0.5) is 0 Å². The molecule has 1 saturated heterocycles. The Balaban J connectivity index is 1.55. The predicted molar refractivity (Wildman–Crippen MR) is 92.6 cm³/mol. The summed E-state index contributed by atoms with van der Waals surface area (Å²) in [5.41, 5.74) is 3.62. The van der Waals surface area contributed by atoms with Crippen LogP contribution >= 0.6 is 11.8 Å². The van der Waals surface area contributed by atoms with Crippen molar-refractivity contribution in [3.8, 4) is 0 Å². The van der Waals surface area contributed by atoms with E-state index in [1.807, 2.05) is 30.0 Å². The first-order valence-corrected chi connectivity index (χ1v) is 8.69. The van der Waals surface area contributed by atoms with Crippen molar-refractivity contribution in [1.29, 1.82) is 0 Å². The molecule has 2 aromatic rings. The molecule has 4 nitrogen and oxygen atoms in total. The minimum atomic E-state index is -0.0149. The van der Waals surface area contributed by atoms with Gasteiger partial charge in [0.15, 0.2) is 6.54 Å². The molecule has 22 heavy (non-hydrogen) atoms. The molecule has 1 heterocycles. The Morgan fingerprint density at radius 3 is 2.77 bits per heavy atom. The number of amides is 1. The summed E-state index contributed by atoms with van der Waals surface area (Å²) >= 11 is 1.96. The summed E-state index contributed by atoms with van der Waals surface area (Å²) in [5, 5.41) is 6.45. The highest BCUT2D eigenvalue weighted by atomic mass is 32.2. The number of thioether (sulfide) groups is 1. The first-order valence-electron chi connectivity index (χ1n) is 7.53. The molecule has 0 aromatic heterocycles. The maximum atomic E-state index is 11.9. The number of fused-ring (bicyclic) bond motifs is 1. The highest BCUT2D eigenvalue weighted by Crippen LogP contribution is 2.14. The molecule has 1 fully saturated rings. The first kappa shape index (κ1) is 15.1. The van der Waals surface area contributed by atoms with Gasteiger partial charge in [-0.1, -0.05) is 36.4 Å². The Labute approximate surface area is 134 Å². The summed E-state index contributed by atoms with van der Waals surface area (Å²) in [6.07, 6.45) is 1.70. The lowest BCUT2D eigenvalue weighted by Gasteiger charge is -2.21. The van der Waals surface area contributed by atoms with Gasteiger partial charge in [-0.3, -0.25) is 4.79 Å². The van der Waals surface area contributed by atoms with Crippen LogP contribution < -0.4 is 10.3 Å². The lowest BCUT2D eigenvalue weighted by atomic mass is 10.1. The van der Waals surface area contributed by atoms with E-state index in [-0.39, 0.29) is 5.91 Å². The molecule has 0 saturated carbocycles. The first-order chi connectivity index (χ1) is 10.8. The van der Waals surface area contributed by atoms with Gasteiger partial charge in [-0.05, 0) is 22.4 Å². The average molecular weight is 314 g/mol. The summed E-state index contributed by atoms with van der Waals surface area (Å²) in [5.74, 6) is 2.27. The summed E-state index contributed by atoms with van der Waals surface area (Å²) in [7, 11) is 0. The second kappa shape index (κ2) is 7.42. The quantitative estimate of drug-likeness (QED) is 0.651. The second-order valence-corrected chi connectivity index (χ2v) is 6.66. The molecule has 0 bridgehead atoms. The third-order valence-corrected chi connectivity index (χ3v) is 4.77. The molecule has 1 amide bonds. The van der Waals surface area contributed by atoms with Gasteiger partial charge in [0.25, 0.3) is 5.91 Å². The lowest BCUT2D eigenvalue weighted by molar-refractivity contribution is -0.888. The third kappa shape index (κ3) is 4.08. The number of benzene rings is 2. The fourth-order valence-corrected chi connectivity index (χ4v) is 3.64. The molecule has 114 valence electrons. The van der Waals surface area contributed by atoms with Gasteiger partial charge in [-0.25, -0.2) is 5.43 Å². The van der Waals surface area contributed by atoms with Gasteiger partial charge >= 0.3 is 0 Å². The van der Waals surface area contributed by atoms with Crippen LogP contribution in [0.3, 0.4) is 0 Å². The zero-order valence-electron chi connectivity index (χ0n) is 12.4. The normalized spacial score (nSPS) is 16.2. The molecular formula is C17H20N3OS+. The van der Waals surface area contributed by atoms with Crippen molar-refractivity contribution in [3.63, 3.8) is 0 Å². The van der Waals surface area contributed by atoms with E-state index >= 15 is 0 Å². The largest absolute Gasteiger partial charge is 0.326 e. The van der Waals surface area contributed by atoms with E-state index in [4.69, 9.17) is 0 Å². The standard InChI is InChI=1S/C17H19N3OS/c21-17(13-20-7-9-22-10-8-20)19-18-12-14-5-6-15-3-1-2-4-16(15)11-14/h1-6,11-12H,7-10,13H2,(H,19,21)/p+1/b18-12-. The molecule has 2 aromatic carbocycles. The van der Waals surface area contributed by atoms with E-state index in [1.54, 1.807) is 6.21 Å². The Hall–Kier alpha value is -1.85. The number of carbonyl (C=O) groups excluding carboxylic acids is 1. The van der Waals surface area contributed by atoms with E-state index in [9.17, 15) is 4.79 Å². The molecule has 5 heteroatoms. The summed E-state index contributed by atoms with van der Waals surface area (Å²) in [6, 6.07) is 14.3. The van der Waals surface area contributed by atoms with Crippen molar-refractivity contribution in [1.82, 2.24) is 5.43 Å². The SMILES string of the molecule is O=C(C[NH+]1CCSCC1)N/N=C\c1ccc2ccccc2c1. The molecule has 0 radical (unpaired) electrons. The minimum Gasteiger partial charge on any atom is -0.326 e. The highest BCUT2D eigenvalue weighted by molar-refractivity contribution is 7.99. The Bertz CT molecular complexity index is 680. The summed E-state index contributed by atoms with van der Waals surface area (Å²) in [6.45, 7) is 2.63. The van der Waals surface area contributed by atoms with E-state index in [2.05, 4.69) is 34.8 Å².